The first-order valence-electron chi connectivity index (χ1n) is 6.25. The Bertz CT molecular complexity index is 623. The maximum Gasteiger partial charge on any atom is 0.278 e. The molecular formula is C13H14N4O2. The molecule has 1 aliphatic heterocycles. The first kappa shape index (κ1) is 11.9. The molecule has 3 rings (SSSR count). The molecule has 2 heterocycles. The van der Waals surface area contributed by atoms with Gasteiger partial charge >= 0.3 is 0 Å². The van der Waals surface area contributed by atoms with Gasteiger partial charge in [-0.3, -0.25) is 15.1 Å². The van der Waals surface area contributed by atoms with Crippen LogP contribution in [0.4, 0.5) is 11.4 Å². The van der Waals surface area contributed by atoms with Gasteiger partial charge in [-0.2, -0.15) is 0 Å². The largest absolute Gasteiger partial charge is 0.367 e. The van der Waals surface area contributed by atoms with E-state index in [0.29, 0.717) is 10.9 Å². The van der Waals surface area contributed by atoms with Gasteiger partial charge in [0.25, 0.3) is 5.69 Å². The summed E-state index contributed by atoms with van der Waals surface area (Å²) in [5.74, 6) is 0. The van der Waals surface area contributed by atoms with Crippen molar-refractivity contribution in [3.8, 4) is 0 Å². The number of pyridine rings is 1. The Morgan fingerprint density at radius 2 is 2.05 bits per heavy atom. The molecule has 19 heavy (non-hydrogen) atoms. The quantitative estimate of drug-likeness (QED) is 0.653. The average Bonchev–Trinajstić information content (AvgIpc) is 2.47. The summed E-state index contributed by atoms with van der Waals surface area (Å²) in [6.45, 7) is 3.63. The fourth-order valence-corrected chi connectivity index (χ4v) is 2.46. The Kier molecular flexibility index (Phi) is 3.00. The van der Waals surface area contributed by atoms with Crippen molar-refractivity contribution >= 4 is 22.3 Å². The zero-order valence-electron chi connectivity index (χ0n) is 10.4. The maximum absolute atomic E-state index is 11.1. The summed E-state index contributed by atoms with van der Waals surface area (Å²) in [6, 6.07) is 6.86. The summed E-state index contributed by atoms with van der Waals surface area (Å²) in [4.78, 5) is 17.3. The van der Waals surface area contributed by atoms with E-state index >= 15 is 0 Å². The number of hydrogen-bond acceptors (Lipinski definition) is 5. The van der Waals surface area contributed by atoms with E-state index in [2.05, 4.69) is 15.2 Å². The van der Waals surface area contributed by atoms with E-state index in [0.717, 1.165) is 31.9 Å². The van der Waals surface area contributed by atoms with Gasteiger partial charge in [-0.1, -0.05) is 0 Å². The van der Waals surface area contributed by atoms with Gasteiger partial charge < -0.3 is 10.2 Å². The Morgan fingerprint density at radius 1 is 1.26 bits per heavy atom. The minimum absolute atomic E-state index is 0.113. The van der Waals surface area contributed by atoms with Crippen LogP contribution in [0.25, 0.3) is 10.9 Å². The number of fused-ring (bicyclic) bond motifs is 1. The van der Waals surface area contributed by atoms with Gasteiger partial charge in [0.05, 0.1) is 16.0 Å². The number of non-ortho nitro benzene ring substituents is 1. The van der Waals surface area contributed by atoms with Crippen LogP contribution in [0.3, 0.4) is 0 Å². The highest BCUT2D eigenvalue weighted by atomic mass is 16.6. The Hall–Kier alpha value is -2.21. The van der Waals surface area contributed by atoms with E-state index in [1.807, 2.05) is 0 Å². The first-order chi connectivity index (χ1) is 9.27. The second kappa shape index (κ2) is 4.81. The first-order valence-corrected chi connectivity index (χ1v) is 6.25. The summed E-state index contributed by atoms with van der Waals surface area (Å²) in [5.41, 5.74) is 1.79. The molecule has 1 fully saturated rings. The number of rotatable bonds is 2. The van der Waals surface area contributed by atoms with E-state index in [4.69, 9.17) is 0 Å². The lowest BCUT2D eigenvalue weighted by atomic mass is 10.1. The summed E-state index contributed by atoms with van der Waals surface area (Å²) in [7, 11) is 0. The molecule has 0 spiro atoms. The van der Waals surface area contributed by atoms with Gasteiger partial charge in [0, 0.05) is 38.4 Å². The number of aromatic nitrogens is 1. The van der Waals surface area contributed by atoms with Crippen molar-refractivity contribution in [2.75, 3.05) is 31.1 Å². The predicted octanol–water partition coefficient (Wildman–Crippen LogP) is 1.55. The van der Waals surface area contributed by atoms with Gasteiger partial charge in [-0.25, -0.2) is 0 Å². The molecule has 2 aromatic rings. The number of nitrogens with one attached hydrogen (secondary N) is 1. The van der Waals surface area contributed by atoms with Crippen LogP contribution in [-0.2, 0) is 0 Å². The molecule has 1 aromatic heterocycles. The summed E-state index contributed by atoms with van der Waals surface area (Å²) in [5, 5.41) is 14.9. The van der Waals surface area contributed by atoms with Gasteiger partial charge in [0.1, 0.15) is 5.52 Å². The molecular weight excluding hydrogens is 244 g/mol. The fraction of sp³-hybridized carbons (Fsp3) is 0.308. The lowest BCUT2D eigenvalue weighted by Crippen LogP contribution is -2.43. The molecule has 98 valence electrons. The molecule has 1 saturated heterocycles. The highest BCUT2D eigenvalue weighted by molar-refractivity contribution is 5.97. The predicted molar refractivity (Wildman–Crippen MR) is 73.5 cm³/mol. The normalized spacial score (nSPS) is 15.7. The second-order valence-electron chi connectivity index (χ2n) is 4.50. The highest BCUT2D eigenvalue weighted by Crippen LogP contribution is 2.31. The van der Waals surface area contributed by atoms with Crippen molar-refractivity contribution in [2.24, 2.45) is 0 Å². The van der Waals surface area contributed by atoms with E-state index in [9.17, 15) is 10.1 Å². The summed E-state index contributed by atoms with van der Waals surface area (Å²) >= 11 is 0. The Labute approximate surface area is 110 Å². The third-order valence-corrected chi connectivity index (χ3v) is 3.38. The molecule has 0 amide bonds. The molecule has 0 atom stereocenters. The lowest BCUT2D eigenvalue weighted by Gasteiger charge is -2.29. The maximum atomic E-state index is 11.1. The summed E-state index contributed by atoms with van der Waals surface area (Å²) in [6.07, 6.45) is 1.68. The van der Waals surface area contributed by atoms with Gasteiger partial charge in [-0.05, 0) is 18.2 Å². The highest BCUT2D eigenvalue weighted by Gasteiger charge is 2.19. The number of hydrogen-bond donors (Lipinski definition) is 1. The van der Waals surface area contributed by atoms with Crippen LogP contribution in [0.5, 0.6) is 0 Å². The Morgan fingerprint density at radius 3 is 2.79 bits per heavy atom. The van der Waals surface area contributed by atoms with Crippen LogP contribution in [0.2, 0.25) is 0 Å². The number of nitro groups is 1. The second-order valence-corrected chi connectivity index (χ2v) is 4.50. The molecule has 0 radical (unpaired) electrons. The molecule has 1 N–H and O–H groups in total. The molecule has 0 unspecified atom stereocenters. The smallest absolute Gasteiger partial charge is 0.278 e. The minimum atomic E-state index is -0.356. The van der Waals surface area contributed by atoms with Crippen LogP contribution >= 0.6 is 0 Å². The minimum Gasteiger partial charge on any atom is -0.367 e. The zero-order valence-corrected chi connectivity index (χ0v) is 10.4. The third-order valence-electron chi connectivity index (χ3n) is 3.38. The lowest BCUT2D eigenvalue weighted by molar-refractivity contribution is -0.383. The molecule has 0 aliphatic carbocycles. The van der Waals surface area contributed by atoms with Crippen LogP contribution in [-0.4, -0.2) is 36.1 Å². The molecule has 0 saturated carbocycles. The number of benzene rings is 1. The molecule has 1 aromatic carbocycles. The van der Waals surface area contributed by atoms with Crippen molar-refractivity contribution in [3.05, 3.63) is 40.6 Å². The number of nitrogens with zero attached hydrogens (tertiary/aromatic N) is 3. The third kappa shape index (κ3) is 2.10. The van der Waals surface area contributed by atoms with E-state index in [1.54, 1.807) is 30.5 Å². The van der Waals surface area contributed by atoms with Crippen LogP contribution in [0.15, 0.2) is 30.5 Å². The zero-order chi connectivity index (χ0) is 13.2. The number of nitro benzene ring substituents is 1. The molecule has 0 bridgehead atoms. The van der Waals surface area contributed by atoms with E-state index in [-0.39, 0.29) is 10.6 Å². The SMILES string of the molecule is O=[N+]([O-])c1ccc(N2CCNCC2)c2ncccc12. The van der Waals surface area contributed by atoms with Crippen LogP contribution in [0.1, 0.15) is 0 Å². The van der Waals surface area contributed by atoms with Crippen molar-refractivity contribution < 1.29 is 4.92 Å². The van der Waals surface area contributed by atoms with E-state index < -0.39 is 0 Å². The standard InChI is InChI=1S/C13H14N4O2/c18-17(19)11-3-4-12(16-8-6-14-7-9-16)13-10(11)2-1-5-15-13/h1-5,14H,6-9H2. The number of piperazine rings is 1. The van der Waals surface area contributed by atoms with Crippen molar-refractivity contribution in [3.63, 3.8) is 0 Å². The molecule has 6 heteroatoms. The van der Waals surface area contributed by atoms with Crippen molar-refractivity contribution in [2.45, 2.75) is 0 Å². The van der Waals surface area contributed by atoms with Gasteiger partial charge in [0.15, 0.2) is 0 Å². The fourth-order valence-electron chi connectivity index (χ4n) is 2.46. The van der Waals surface area contributed by atoms with Crippen LogP contribution in [0, 0.1) is 10.1 Å². The van der Waals surface area contributed by atoms with Crippen molar-refractivity contribution in [1.82, 2.24) is 10.3 Å². The summed E-state index contributed by atoms with van der Waals surface area (Å²) < 4.78 is 0. The van der Waals surface area contributed by atoms with Gasteiger partial charge in [-0.15, -0.1) is 0 Å². The van der Waals surface area contributed by atoms with Gasteiger partial charge in [0.2, 0.25) is 0 Å². The van der Waals surface area contributed by atoms with E-state index in [1.165, 1.54) is 0 Å². The van der Waals surface area contributed by atoms with Crippen LogP contribution < -0.4 is 10.2 Å². The molecule has 1 aliphatic rings. The Balaban J connectivity index is 2.15. The van der Waals surface area contributed by atoms with Crippen molar-refractivity contribution in [1.29, 1.82) is 0 Å². The average molecular weight is 258 g/mol. The number of anilines is 1. The monoisotopic (exact) mass is 258 g/mol. The topological polar surface area (TPSA) is 71.3 Å². The molecule has 6 nitrogen and oxygen atoms in total.